The first-order valence-electron chi connectivity index (χ1n) is 5.72. The second-order valence-corrected chi connectivity index (χ2v) is 4.33. The Balaban J connectivity index is 0. The van der Waals surface area contributed by atoms with Gasteiger partial charge in [-0.2, -0.15) is 0 Å². The number of imidazole rings is 1. The van der Waals surface area contributed by atoms with Gasteiger partial charge in [-0.05, 0) is 33.0 Å². The van der Waals surface area contributed by atoms with Crippen LogP contribution in [0.3, 0.4) is 0 Å². The summed E-state index contributed by atoms with van der Waals surface area (Å²) in [7, 11) is 2.20. The van der Waals surface area contributed by atoms with Gasteiger partial charge in [0.25, 0.3) is 0 Å². The second-order valence-electron chi connectivity index (χ2n) is 4.33. The summed E-state index contributed by atoms with van der Waals surface area (Å²) in [6, 6.07) is 0.713. The summed E-state index contributed by atoms with van der Waals surface area (Å²) in [5, 5.41) is 3.61. The van der Waals surface area contributed by atoms with E-state index in [1.165, 1.54) is 25.9 Å². The molecule has 0 spiro atoms. The third-order valence-electron chi connectivity index (χ3n) is 3.08. The third-order valence-corrected chi connectivity index (χ3v) is 3.08. The van der Waals surface area contributed by atoms with Crippen molar-refractivity contribution in [1.29, 1.82) is 0 Å². The molecule has 1 aromatic rings. The van der Waals surface area contributed by atoms with Crippen molar-refractivity contribution in [2.75, 3.05) is 26.7 Å². The molecule has 0 saturated carbocycles. The van der Waals surface area contributed by atoms with E-state index in [-0.39, 0.29) is 37.2 Å². The van der Waals surface area contributed by atoms with E-state index >= 15 is 0 Å². The first-order chi connectivity index (χ1) is 7.34. The number of halogens is 3. The number of likely N-dealkylation sites (tertiary alicyclic amines) is 1. The standard InChI is InChI=1S/C11H20N4.3ClH/c1-14-6-2-11(3-7-14)13-5-9-15-8-4-12-10-15;;;/h4,8,10-11,13H,2-3,5-7,9H2,1H3;3*1H. The number of aromatic nitrogens is 2. The summed E-state index contributed by atoms with van der Waals surface area (Å²) >= 11 is 0. The normalized spacial score (nSPS) is 16.3. The van der Waals surface area contributed by atoms with Crippen LogP contribution in [0, 0.1) is 0 Å². The van der Waals surface area contributed by atoms with Gasteiger partial charge in [0.2, 0.25) is 0 Å². The highest BCUT2D eigenvalue weighted by Gasteiger charge is 2.15. The molecule has 0 bridgehead atoms. The van der Waals surface area contributed by atoms with Crippen LogP contribution in [0.25, 0.3) is 0 Å². The van der Waals surface area contributed by atoms with Gasteiger partial charge in [-0.15, -0.1) is 37.2 Å². The number of hydrogen-bond donors (Lipinski definition) is 1. The molecule has 4 nitrogen and oxygen atoms in total. The first kappa shape index (κ1) is 20.3. The Morgan fingerprint density at radius 1 is 1.22 bits per heavy atom. The summed E-state index contributed by atoms with van der Waals surface area (Å²) in [6.07, 6.45) is 8.27. The number of nitrogens with one attached hydrogen (secondary N) is 1. The van der Waals surface area contributed by atoms with Crippen LogP contribution in [-0.4, -0.2) is 47.2 Å². The maximum atomic E-state index is 4.03. The molecule has 0 aromatic carbocycles. The molecule has 108 valence electrons. The van der Waals surface area contributed by atoms with E-state index in [9.17, 15) is 0 Å². The van der Waals surface area contributed by atoms with Gasteiger partial charge in [-0.3, -0.25) is 0 Å². The van der Waals surface area contributed by atoms with E-state index < -0.39 is 0 Å². The summed E-state index contributed by atoms with van der Waals surface area (Å²) in [5.74, 6) is 0. The molecule has 0 radical (unpaired) electrons. The summed E-state index contributed by atoms with van der Waals surface area (Å²) in [5.41, 5.74) is 0. The molecule has 0 unspecified atom stereocenters. The van der Waals surface area contributed by atoms with Crippen LogP contribution in [0.5, 0.6) is 0 Å². The quantitative estimate of drug-likeness (QED) is 0.920. The third kappa shape index (κ3) is 6.81. The molecular formula is C11H23Cl3N4. The molecule has 0 atom stereocenters. The smallest absolute Gasteiger partial charge is 0.0946 e. The number of hydrogen-bond acceptors (Lipinski definition) is 3. The Morgan fingerprint density at radius 2 is 1.89 bits per heavy atom. The highest BCUT2D eigenvalue weighted by molar-refractivity contribution is 5.86. The van der Waals surface area contributed by atoms with Gasteiger partial charge in [0, 0.05) is 31.5 Å². The highest BCUT2D eigenvalue weighted by atomic mass is 35.5. The SMILES string of the molecule is CN1CCC(NCCn2ccnc2)CC1.Cl.Cl.Cl. The zero-order chi connectivity index (χ0) is 10.5. The lowest BCUT2D eigenvalue weighted by molar-refractivity contribution is 0.234. The van der Waals surface area contributed by atoms with Crippen molar-refractivity contribution in [2.45, 2.75) is 25.4 Å². The molecule has 18 heavy (non-hydrogen) atoms. The lowest BCUT2D eigenvalue weighted by Crippen LogP contribution is -2.41. The molecule has 1 aliphatic rings. The Labute approximate surface area is 128 Å². The highest BCUT2D eigenvalue weighted by Crippen LogP contribution is 2.07. The van der Waals surface area contributed by atoms with Crippen molar-refractivity contribution in [2.24, 2.45) is 0 Å². The minimum Gasteiger partial charge on any atom is -0.336 e. The first-order valence-corrected chi connectivity index (χ1v) is 5.72. The predicted molar refractivity (Wildman–Crippen MR) is 82.5 cm³/mol. The Bertz CT molecular complexity index is 274. The van der Waals surface area contributed by atoms with Crippen molar-refractivity contribution in [3.8, 4) is 0 Å². The Morgan fingerprint density at radius 3 is 2.44 bits per heavy atom. The van der Waals surface area contributed by atoms with Gasteiger partial charge in [0.05, 0.1) is 6.33 Å². The van der Waals surface area contributed by atoms with E-state index in [1.54, 1.807) is 0 Å². The van der Waals surface area contributed by atoms with Crippen molar-refractivity contribution in [1.82, 2.24) is 19.8 Å². The van der Waals surface area contributed by atoms with E-state index in [1.807, 2.05) is 18.7 Å². The molecule has 1 aliphatic heterocycles. The van der Waals surface area contributed by atoms with Crippen molar-refractivity contribution < 1.29 is 0 Å². The molecule has 2 heterocycles. The summed E-state index contributed by atoms with van der Waals surface area (Å²) in [4.78, 5) is 6.42. The Kier molecular flexibility index (Phi) is 12.3. The van der Waals surface area contributed by atoms with E-state index in [0.29, 0.717) is 6.04 Å². The second kappa shape index (κ2) is 10.9. The largest absolute Gasteiger partial charge is 0.336 e. The van der Waals surface area contributed by atoms with Gasteiger partial charge >= 0.3 is 0 Å². The fourth-order valence-corrected chi connectivity index (χ4v) is 2.03. The van der Waals surface area contributed by atoms with Gasteiger partial charge in [0.15, 0.2) is 0 Å². The van der Waals surface area contributed by atoms with Crippen LogP contribution in [0.4, 0.5) is 0 Å². The molecule has 7 heteroatoms. The molecule has 1 fully saturated rings. The van der Waals surface area contributed by atoms with Crippen molar-refractivity contribution >= 4 is 37.2 Å². The average Bonchev–Trinajstić information content (AvgIpc) is 2.74. The molecular weight excluding hydrogens is 295 g/mol. The van der Waals surface area contributed by atoms with Crippen LogP contribution in [0.2, 0.25) is 0 Å². The lowest BCUT2D eigenvalue weighted by Gasteiger charge is -2.29. The topological polar surface area (TPSA) is 33.1 Å². The molecule has 2 rings (SSSR count). The maximum absolute atomic E-state index is 4.03. The number of piperidine rings is 1. The van der Waals surface area contributed by atoms with Gasteiger partial charge < -0.3 is 14.8 Å². The molecule has 1 saturated heterocycles. The van der Waals surface area contributed by atoms with E-state index in [0.717, 1.165) is 13.1 Å². The molecule has 0 amide bonds. The predicted octanol–water partition coefficient (Wildman–Crippen LogP) is 1.83. The zero-order valence-electron chi connectivity index (χ0n) is 10.6. The van der Waals surface area contributed by atoms with E-state index in [4.69, 9.17) is 0 Å². The molecule has 1 aromatic heterocycles. The monoisotopic (exact) mass is 316 g/mol. The van der Waals surface area contributed by atoms with Crippen LogP contribution >= 0.6 is 37.2 Å². The van der Waals surface area contributed by atoms with Crippen LogP contribution < -0.4 is 5.32 Å². The fraction of sp³-hybridized carbons (Fsp3) is 0.727. The van der Waals surface area contributed by atoms with Gasteiger partial charge in [-0.25, -0.2) is 4.98 Å². The van der Waals surface area contributed by atoms with Gasteiger partial charge in [0.1, 0.15) is 0 Å². The van der Waals surface area contributed by atoms with Crippen LogP contribution in [0.1, 0.15) is 12.8 Å². The summed E-state index contributed by atoms with van der Waals surface area (Å²) < 4.78 is 2.11. The fourth-order valence-electron chi connectivity index (χ4n) is 2.03. The maximum Gasteiger partial charge on any atom is 0.0946 e. The van der Waals surface area contributed by atoms with Crippen molar-refractivity contribution in [3.05, 3.63) is 18.7 Å². The average molecular weight is 318 g/mol. The lowest BCUT2D eigenvalue weighted by atomic mass is 10.1. The zero-order valence-corrected chi connectivity index (χ0v) is 13.1. The minimum atomic E-state index is 0. The van der Waals surface area contributed by atoms with Crippen molar-refractivity contribution in [3.63, 3.8) is 0 Å². The van der Waals surface area contributed by atoms with Crippen LogP contribution in [0.15, 0.2) is 18.7 Å². The molecule has 0 aliphatic carbocycles. The summed E-state index contributed by atoms with van der Waals surface area (Å²) in [6.45, 7) is 4.52. The Hall–Kier alpha value is -0.000000000000000111. The minimum absolute atomic E-state index is 0. The number of nitrogens with zero attached hydrogens (tertiary/aromatic N) is 3. The van der Waals surface area contributed by atoms with E-state index in [2.05, 4.69) is 26.8 Å². The molecule has 1 N–H and O–H groups in total. The van der Waals surface area contributed by atoms with Crippen LogP contribution in [-0.2, 0) is 6.54 Å². The van der Waals surface area contributed by atoms with Gasteiger partial charge in [-0.1, -0.05) is 0 Å². The number of rotatable bonds is 4.